The number of halogens is 5. The van der Waals surface area contributed by atoms with E-state index in [4.69, 9.17) is 4.18 Å². The molecule has 1 saturated carbocycles. The van der Waals surface area contributed by atoms with E-state index < -0.39 is 45.6 Å². The lowest BCUT2D eigenvalue weighted by atomic mass is 9.81. The van der Waals surface area contributed by atoms with Gasteiger partial charge in [-0.2, -0.15) is 26.7 Å². The average Bonchev–Trinajstić information content (AvgIpc) is 3.12. The van der Waals surface area contributed by atoms with Gasteiger partial charge in [-0.3, -0.25) is 13.7 Å². The molecule has 1 aliphatic rings. The van der Waals surface area contributed by atoms with Crippen LogP contribution in [-0.4, -0.2) is 42.0 Å². The van der Waals surface area contributed by atoms with Gasteiger partial charge in [-0.15, -0.1) is 0 Å². The standard InChI is InChI=1S/C21H19F5N4O4S/c1-35(32,33)34-10-11-5-13(6-11)30-9-12-7-17(14(19(22)23)8-16(12)29-30)28-20(31)15-3-2-4-18(27-15)21(24,25)26/h2-4,7-9,11,13,19H,5-6,10H2,1H3,(H,28,31). The Morgan fingerprint density at radius 3 is 2.60 bits per heavy atom. The Bertz CT molecular complexity index is 1370. The van der Waals surface area contributed by atoms with Crippen molar-refractivity contribution in [1.82, 2.24) is 14.8 Å². The second kappa shape index (κ2) is 9.15. The smallest absolute Gasteiger partial charge is 0.320 e. The average molecular weight is 518 g/mol. The van der Waals surface area contributed by atoms with Crippen LogP contribution in [0.5, 0.6) is 0 Å². The molecule has 1 N–H and O–H groups in total. The highest BCUT2D eigenvalue weighted by molar-refractivity contribution is 7.85. The third-order valence-electron chi connectivity index (χ3n) is 5.55. The number of benzene rings is 1. The Morgan fingerprint density at radius 2 is 1.97 bits per heavy atom. The van der Waals surface area contributed by atoms with E-state index in [9.17, 15) is 35.2 Å². The fraction of sp³-hybridized carbons (Fsp3) is 0.381. The van der Waals surface area contributed by atoms with Crippen molar-refractivity contribution in [3.8, 4) is 0 Å². The van der Waals surface area contributed by atoms with E-state index in [2.05, 4.69) is 15.4 Å². The molecule has 2 aromatic heterocycles. The van der Waals surface area contributed by atoms with Crippen molar-refractivity contribution >= 4 is 32.6 Å². The minimum atomic E-state index is -4.77. The maximum atomic E-state index is 13.7. The SMILES string of the molecule is CS(=O)(=O)OCC1CC(n2cc3cc(NC(=O)c4cccc(C(F)(F)F)n4)c(C(F)F)cc3n2)C1. The number of carbonyl (C=O) groups excluding carboxylic acids is 1. The molecule has 0 spiro atoms. The van der Waals surface area contributed by atoms with Crippen LogP contribution in [0.25, 0.3) is 10.9 Å². The van der Waals surface area contributed by atoms with E-state index >= 15 is 0 Å². The van der Waals surface area contributed by atoms with Gasteiger partial charge in [0, 0.05) is 17.1 Å². The zero-order valence-corrected chi connectivity index (χ0v) is 18.9. The highest BCUT2D eigenvalue weighted by atomic mass is 32.2. The number of aromatic nitrogens is 3. The van der Waals surface area contributed by atoms with Crippen LogP contribution in [-0.2, 0) is 20.5 Å². The Labute approximate surface area is 196 Å². The number of hydrogen-bond acceptors (Lipinski definition) is 6. The van der Waals surface area contributed by atoms with Crippen molar-refractivity contribution in [1.29, 1.82) is 0 Å². The van der Waals surface area contributed by atoms with Crippen LogP contribution < -0.4 is 5.32 Å². The number of nitrogens with zero attached hydrogens (tertiary/aromatic N) is 3. The van der Waals surface area contributed by atoms with Gasteiger partial charge in [0.2, 0.25) is 0 Å². The number of amides is 1. The van der Waals surface area contributed by atoms with Gasteiger partial charge in [0.1, 0.15) is 11.4 Å². The fourth-order valence-electron chi connectivity index (χ4n) is 3.76. The molecule has 3 aromatic rings. The summed E-state index contributed by atoms with van der Waals surface area (Å²) in [5.74, 6) is -1.06. The third kappa shape index (κ3) is 5.75. The van der Waals surface area contributed by atoms with Gasteiger partial charge in [0.25, 0.3) is 22.5 Å². The first-order valence-electron chi connectivity index (χ1n) is 10.3. The summed E-state index contributed by atoms with van der Waals surface area (Å²) in [6.07, 6.45) is -4.04. The molecule has 1 fully saturated rings. The monoisotopic (exact) mass is 518 g/mol. The first-order chi connectivity index (χ1) is 16.3. The molecule has 1 aromatic carbocycles. The predicted molar refractivity (Wildman–Crippen MR) is 114 cm³/mol. The molecule has 14 heteroatoms. The summed E-state index contributed by atoms with van der Waals surface area (Å²) in [6.45, 7) is 0.0470. The second-order valence-electron chi connectivity index (χ2n) is 8.25. The van der Waals surface area contributed by atoms with Crippen molar-refractivity contribution in [3.05, 3.63) is 53.5 Å². The topological polar surface area (TPSA) is 103 Å². The van der Waals surface area contributed by atoms with E-state index in [0.29, 0.717) is 24.3 Å². The van der Waals surface area contributed by atoms with Crippen molar-refractivity contribution in [3.63, 3.8) is 0 Å². The van der Waals surface area contributed by atoms with Gasteiger partial charge < -0.3 is 5.32 Å². The summed E-state index contributed by atoms with van der Waals surface area (Å²) in [6, 6.07) is 5.03. The largest absolute Gasteiger partial charge is 0.433 e. The highest BCUT2D eigenvalue weighted by Crippen LogP contribution is 2.39. The second-order valence-corrected chi connectivity index (χ2v) is 9.89. The maximum Gasteiger partial charge on any atom is 0.433 e. The van der Waals surface area contributed by atoms with Gasteiger partial charge in [0.15, 0.2) is 0 Å². The quantitative estimate of drug-likeness (QED) is 0.363. The number of carbonyl (C=O) groups is 1. The number of rotatable bonds is 7. The molecule has 0 unspecified atom stereocenters. The maximum absolute atomic E-state index is 13.7. The zero-order chi connectivity index (χ0) is 25.5. The van der Waals surface area contributed by atoms with E-state index in [1.165, 1.54) is 6.07 Å². The molecule has 0 radical (unpaired) electrons. The molecule has 0 saturated heterocycles. The van der Waals surface area contributed by atoms with Crippen LogP contribution in [0.15, 0.2) is 36.5 Å². The van der Waals surface area contributed by atoms with Crippen LogP contribution in [0.1, 0.15) is 47.1 Å². The first kappa shape index (κ1) is 25.0. The zero-order valence-electron chi connectivity index (χ0n) is 18.1. The number of fused-ring (bicyclic) bond motifs is 1. The normalized spacial score (nSPS) is 18.6. The van der Waals surface area contributed by atoms with Gasteiger partial charge in [-0.1, -0.05) is 6.07 Å². The molecule has 188 valence electrons. The summed E-state index contributed by atoms with van der Waals surface area (Å²) in [4.78, 5) is 15.8. The van der Waals surface area contributed by atoms with Crippen molar-refractivity contribution < 1.29 is 39.3 Å². The molecule has 8 nitrogen and oxygen atoms in total. The van der Waals surface area contributed by atoms with Crippen molar-refractivity contribution in [2.75, 3.05) is 18.2 Å². The molecule has 1 amide bonds. The lowest BCUT2D eigenvalue weighted by molar-refractivity contribution is -0.141. The molecule has 0 bridgehead atoms. The molecule has 0 atom stereocenters. The van der Waals surface area contributed by atoms with Crippen molar-refractivity contribution in [2.45, 2.75) is 31.5 Å². The van der Waals surface area contributed by atoms with Crippen LogP contribution in [0.4, 0.5) is 27.6 Å². The molecule has 35 heavy (non-hydrogen) atoms. The summed E-state index contributed by atoms with van der Waals surface area (Å²) in [5, 5.41) is 6.96. The number of nitrogens with one attached hydrogen (secondary N) is 1. The van der Waals surface area contributed by atoms with E-state index in [-0.39, 0.29) is 29.8 Å². The molecule has 4 rings (SSSR count). The molecule has 0 aliphatic heterocycles. The molecule has 1 aliphatic carbocycles. The van der Waals surface area contributed by atoms with E-state index in [1.807, 2.05) is 0 Å². The predicted octanol–water partition coefficient (Wildman–Crippen LogP) is 4.57. The van der Waals surface area contributed by atoms with Gasteiger partial charge >= 0.3 is 6.18 Å². The highest BCUT2D eigenvalue weighted by Gasteiger charge is 2.34. The lowest BCUT2D eigenvalue weighted by Gasteiger charge is -2.34. The van der Waals surface area contributed by atoms with Crippen LogP contribution in [0, 0.1) is 5.92 Å². The van der Waals surface area contributed by atoms with Crippen LogP contribution in [0.3, 0.4) is 0 Å². The van der Waals surface area contributed by atoms with E-state index in [1.54, 1.807) is 10.9 Å². The van der Waals surface area contributed by atoms with Gasteiger partial charge in [-0.05, 0) is 43.0 Å². The Morgan fingerprint density at radius 1 is 1.26 bits per heavy atom. The molecular weight excluding hydrogens is 499 g/mol. The Balaban J connectivity index is 1.54. The van der Waals surface area contributed by atoms with Crippen LogP contribution in [0.2, 0.25) is 0 Å². The third-order valence-corrected chi connectivity index (χ3v) is 6.12. The van der Waals surface area contributed by atoms with Crippen molar-refractivity contribution in [2.24, 2.45) is 5.92 Å². The minimum Gasteiger partial charge on any atom is -0.320 e. The molecular formula is C21H19F5N4O4S. The van der Waals surface area contributed by atoms with Crippen LogP contribution >= 0.6 is 0 Å². The Hall–Kier alpha value is -3.13. The number of anilines is 1. The summed E-state index contributed by atoms with van der Waals surface area (Å²) >= 11 is 0. The van der Waals surface area contributed by atoms with Gasteiger partial charge in [-0.25, -0.2) is 13.8 Å². The summed E-state index contributed by atoms with van der Waals surface area (Å²) < 4.78 is 94.6. The first-order valence-corrected chi connectivity index (χ1v) is 12.1. The summed E-state index contributed by atoms with van der Waals surface area (Å²) in [5.41, 5.74) is -2.43. The minimum absolute atomic E-state index is 0.00785. The number of pyridine rings is 1. The lowest BCUT2D eigenvalue weighted by Crippen LogP contribution is -2.30. The number of alkyl halides is 5. The Kier molecular flexibility index (Phi) is 6.53. The van der Waals surface area contributed by atoms with Gasteiger partial charge in [0.05, 0.1) is 30.1 Å². The summed E-state index contributed by atoms with van der Waals surface area (Å²) in [7, 11) is -3.54. The number of hydrogen-bond donors (Lipinski definition) is 1. The molecule has 2 heterocycles. The fourth-order valence-corrected chi connectivity index (χ4v) is 4.20. The van der Waals surface area contributed by atoms with E-state index in [0.717, 1.165) is 24.5 Å².